The summed E-state index contributed by atoms with van der Waals surface area (Å²) in [4.78, 5) is 3.19. The zero-order valence-electron chi connectivity index (χ0n) is 13.4. The van der Waals surface area contributed by atoms with Crippen LogP contribution in [-0.2, 0) is 0 Å². The highest BCUT2D eigenvalue weighted by Gasteiger charge is 2.68. The van der Waals surface area contributed by atoms with E-state index >= 15 is 0 Å². The Balaban J connectivity index is 1.77. The van der Waals surface area contributed by atoms with Crippen LogP contribution in [0.3, 0.4) is 0 Å². The molecule has 4 fully saturated rings. The fourth-order valence-corrected chi connectivity index (χ4v) is 6.00. The van der Waals surface area contributed by atoms with Crippen molar-refractivity contribution in [3.8, 4) is 5.75 Å². The SMILES string of the molecule is COc1ccc(Br)cc1C1[NH+]2CC3(C)C[NH+]1CC(C)(C2)C3O. The van der Waals surface area contributed by atoms with E-state index in [9.17, 15) is 5.11 Å². The van der Waals surface area contributed by atoms with Crippen LogP contribution in [0.2, 0.25) is 0 Å². The van der Waals surface area contributed by atoms with E-state index in [0.29, 0.717) is 6.17 Å². The standard InChI is InChI=1S/C17H23BrN2O2/c1-16-7-19-9-17(2,15(16)21)10-20(8-16)14(19)12-6-11(18)4-5-13(12)22-3/h4-6,14-15,21H,7-10H2,1-3H3/p+2. The predicted octanol–water partition coefficient (Wildman–Crippen LogP) is -0.360. The van der Waals surface area contributed by atoms with Crippen molar-refractivity contribution in [1.29, 1.82) is 0 Å². The average molecular weight is 369 g/mol. The Bertz CT molecular complexity index is 583. The smallest absolute Gasteiger partial charge is 0.243 e. The van der Waals surface area contributed by atoms with E-state index in [2.05, 4.69) is 41.9 Å². The lowest BCUT2D eigenvalue weighted by Crippen LogP contribution is -3.41. The van der Waals surface area contributed by atoms with Crippen LogP contribution < -0.4 is 14.5 Å². The first-order chi connectivity index (χ1) is 10.4. The van der Waals surface area contributed by atoms with E-state index in [1.165, 1.54) is 5.56 Å². The number of hydrogen-bond donors (Lipinski definition) is 3. The molecule has 1 aromatic carbocycles. The molecule has 5 rings (SSSR count). The lowest BCUT2D eigenvalue weighted by molar-refractivity contribution is -1.19. The van der Waals surface area contributed by atoms with Crippen LogP contribution in [0.1, 0.15) is 25.6 Å². The third kappa shape index (κ3) is 1.92. The number of piperidine rings is 2. The Morgan fingerprint density at radius 3 is 2.18 bits per heavy atom. The molecule has 0 atom stereocenters. The van der Waals surface area contributed by atoms with Gasteiger partial charge in [0.2, 0.25) is 6.17 Å². The molecule has 0 unspecified atom stereocenters. The third-order valence-electron chi connectivity index (χ3n) is 6.16. The van der Waals surface area contributed by atoms with Crippen molar-refractivity contribution in [2.75, 3.05) is 33.3 Å². The molecule has 0 spiro atoms. The van der Waals surface area contributed by atoms with Gasteiger partial charge >= 0.3 is 0 Å². The molecule has 4 heterocycles. The van der Waals surface area contributed by atoms with Gasteiger partial charge in [-0.1, -0.05) is 15.9 Å². The molecule has 1 aromatic rings. The minimum absolute atomic E-state index is 0.0473. The molecule has 0 amide bonds. The molecule has 4 saturated heterocycles. The fourth-order valence-electron chi connectivity index (χ4n) is 5.62. The zero-order valence-corrected chi connectivity index (χ0v) is 15.0. The number of benzene rings is 1. The first-order valence-electron chi connectivity index (χ1n) is 8.07. The van der Waals surface area contributed by atoms with Gasteiger partial charge in [0.25, 0.3) is 0 Å². The monoisotopic (exact) mass is 368 g/mol. The van der Waals surface area contributed by atoms with Gasteiger partial charge < -0.3 is 9.84 Å². The third-order valence-corrected chi connectivity index (χ3v) is 6.66. The van der Waals surface area contributed by atoms with Crippen molar-refractivity contribution in [3.05, 3.63) is 28.2 Å². The van der Waals surface area contributed by atoms with Gasteiger partial charge in [-0.05, 0) is 32.0 Å². The molecule has 4 aliphatic rings. The van der Waals surface area contributed by atoms with Crippen LogP contribution in [0.5, 0.6) is 5.75 Å². The number of methoxy groups -OCH3 is 1. The van der Waals surface area contributed by atoms with Gasteiger partial charge in [0.05, 0.1) is 50.2 Å². The Hall–Kier alpha value is -0.620. The van der Waals surface area contributed by atoms with Gasteiger partial charge in [-0.15, -0.1) is 0 Å². The molecule has 0 radical (unpaired) electrons. The number of nitrogens with one attached hydrogen (secondary N) is 2. The maximum Gasteiger partial charge on any atom is 0.243 e. The summed E-state index contributed by atoms with van der Waals surface area (Å²) in [6.07, 6.45) is 0.249. The summed E-state index contributed by atoms with van der Waals surface area (Å²) >= 11 is 3.61. The normalized spacial score (nSPS) is 46.0. The molecule has 0 aliphatic carbocycles. The van der Waals surface area contributed by atoms with Crippen LogP contribution in [0.15, 0.2) is 22.7 Å². The van der Waals surface area contributed by atoms with Crippen molar-refractivity contribution in [3.63, 3.8) is 0 Å². The number of aliphatic hydroxyl groups is 1. The number of aliphatic hydroxyl groups excluding tert-OH is 1. The summed E-state index contributed by atoms with van der Waals surface area (Å²) in [5, 5.41) is 10.8. The molecule has 4 nitrogen and oxygen atoms in total. The van der Waals surface area contributed by atoms with E-state index in [1.54, 1.807) is 16.9 Å². The van der Waals surface area contributed by atoms with Crippen LogP contribution in [0.25, 0.3) is 0 Å². The number of rotatable bonds is 2. The number of ether oxygens (including phenoxy) is 1. The maximum absolute atomic E-state index is 10.8. The molecule has 4 aliphatic heterocycles. The second kappa shape index (κ2) is 4.69. The molecular formula is C17H25BrN2O2+2. The van der Waals surface area contributed by atoms with Gasteiger partial charge in [-0.2, -0.15) is 0 Å². The topological polar surface area (TPSA) is 38.3 Å². The molecule has 3 N–H and O–H groups in total. The lowest BCUT2D eigenvalue weighted by atomic mass is 9.60. The Labute approximate surface area is 140 Å². The Morgan fingerprint density at radius 1 is 1.14 bits per heavy atom. The van der Waals surface area contributed by atoms with E-state index in [1.807, 2.05) is 6.07 Å². The van der Waals surface area contributed by atoms with Gasteiger partial charge in [0.1, 0.15) is 11.3 Å². The molecular weight excluding hydrogens is 344 g/mol. The van der Waals surface area contributed by atoms with Crippen molar-refractivity contribution < 1.29 is 19.6 Å². The van der Waals surface area contributed by atoms with Crippen LogP contribution >= 0.6 is 15.9 Å². The van der Waals surface area contributed by atoms with E-state index < -0.39 is 0 Å². The minimum atomic E-state index is -0.169. The van der Waals surface area contributed by atoms with Gasteiger partial charge in [-0.3, -0.25) is 9.80 Å². The van der Waals surface area contributed by atoms with E-state index in [-0.39, 0.29) is 16.9 Å². The van der Waals surface area contributed by atoms with Gasteiger partial charge in [0, 0.05) is 4.47 Å². The first kappa shape index (κ1) is 14.9. The highest BCUT2D eigenvalue weighted by molar-refractivity contribution is 9.10. The molecule has 0 aromatic heterocycles. The van der Waals surface area contributed by atoms with Crippen LogP contribution in [0.4, 0.5) is 0 Å². The second-order valence-corrected chi connectivity index (χ2v) is 8.97. The summed E-state index contributed by atoms with van der Waals surface area (Å²) in [5.74, 6) is 0.983. The van der Waals surface area contributed by atoms with Crippen molar-refractivity contribution >= 4 is 15.9 Å². The van der Waals surface area contributed by atoms with E-state index in [0.717, 1.165) is 36.4 Å². The highest BCUT2D eigenvalue weighted by atomic mass is 79.9. The van der Waals surface area contributed by atoms with Crippen molar-refractivity contribution in [2.45, 2.75) is 26.1 Å². The molecule has 5 heteroatoms. The van der Waals surface area contributed by atoms with Crippen LogP contribution in [-0.4, -0.2) is 44.5 Å². The lowest BCUT2D eigenvalue weighted by Gasteiger charge is -2.62. The van der Waals surface area contributed by atoms with Gasteiger partial charge in [0.15, 0.2) is 0 Å². The summed E-state index contributed by atoms with van der Waals surface area (Å²) in [7, 11) is 1.75. The summed E-state index contributed by atoms with van der Waals surface area (Å²) in [6, 6.07) is 6.32. The largest absolute Gasteiger partial charge is 0.496 e. The molecule has 22 heavy (non-hydrogen) atoms. The number of quaternary nitrogens is 2. The predicted molar refractivity (Wildman–Crippen MR) is 87.0 cm³/mol. The van der Waals surface area contributed by atoms with Crippen LogP contribution in [0, 0.1) is 10.8 Å². The number of halogens is 1. The molecule has 120 valence electrons. The highest BCUT2D eigenvalue weighted by Crippen LogP contribution is 2.40. The molecule has 4 bridgehead atoms. The first-order valence-corrected chi connectivity index (χ1v) is 8.86. The average Bonchev–Trinajstić information content (AvgIpc) is 2.43. The minimum Gasteiger partial charge on any atom is -0.496 e. The molecule has 0 saturated carbocycles. The van der Waals surface area contributed by atoms with Gasteiger partial charge in [-0.25, -0.2) is 0 Å². The fraction of sp³-hybridized carbons (Fsp3) is 0.647. The summed E-state index contributed by atoms with van der Waals surface area (Å²) in [5.41, 5.74) is 1.39. The Kier molecular flexibility index (Phi) is 3.19. The second-order valence-electron chi connectivity index (χ2n) is 8.05. The van der Waals surface area contributed by atoms with E-state index in [4.69, 9.17) is 4.74 Å². The Morgan fingerprint density at radius 2 is 1.68 bits per heavy atom. The quantitative estimate of drug-likeness (QED) is 0.667. The summed E-state index contributed by atoms with van der Waals surface area (Å²) < 4.78 is 6.74. The van der Waals surface area contributed by atoms with Crippen molar-refractivity contribution in [2.24, 2.45) is 10.8 Å². The zero-order chi connectivity index (χ0) is 15.7. The van der Waals surface area contributed by atoms with Crippen molar-refractivity contribution in [1.82, 2.24) is 0 Å². The maximum atomic E-state index is 10.8. The summed E-state index contributed by atoms with van der Waals surface area (Å²) in [6.45, 7) is 8.73. The number of hydrogen-bond acceptors (Lipinski definition) is 2.